The summed E-state index contributed by atoms with van der Waals surface area (Å²) in [6, 6.07) is 17.7. The highest BCUT2D eigenvalue weighted by molar-refractivity contribution is 9.10. The lowest BCUT2D eigenvalue weighted by Gasteiger charge is -2.16. The van der Waals surface area contributed by atoms with Crippen LogP contribution in [-0.4, -0.2) is 77.2 Å². The molecule has 0 aliphatic carbocycles. The molecule has 0 saturated heterocycles. The normalized spacial score (nSPS) is 10.9. The molecule has 2 heterocycles. The number of hydrogen-bond donors (Lipinski definition) is 2. The van der Waals surface area contributed by atoms with Gasteiger partial charge in [0.25, 0.3) is 5.91 Å². The van der Waals surface area contributed by atoms with E-state index in [1.165, 1.54) is 40.6 Å². The number of nitrogens with one attached hydrogen (secondary N) is 1. The van der Waals surface area contributed by atoms with Crippen LogP contribution in [-0.2, 0) is 0 Å². The van der Waals surface area contributed by atoms with Crippen LogP contribution in [0.15, 0.2) is 82.3 Å². The number of alkyl halides is 3. The quantitative estimate of drug-likeness (QED) is 0.147. The van der Waals surface area contributed by atoms with Gasteiger partial charge in [-0.2, -0.15) is 13.2 Å². The Kier molecular flexibility index (Phi) is 12.4. The summed E-state index contributed by atoms with van der Waals surface area (Å²) in [4.78, 5) is 32.4. The van der Waals surface area contributed by atoms with Crippen LogP contribution in [0.25, 0.3) is 33.4 Å². The van der Waals surface area contributed by atoms with Crippen LogP contribution < -0.4 is 24.3 Å². The zero-order valence-corrected chi connectivity index (χ0v) is 30.4. The first-order valence-electron chi connectivity index (χ1n) is 14.6. The molecule has 0 aliphatic heterocycles. The predicted octanol–water partition coefficient (Wildman–Crippen LogP) is 8.24. The Morgan fingerprint density at radius 3 is 1.44 bits per heavy atom. The fraction of sp³-hybridized carbons (Fsp3) is 0.200. The van der Waals surface area contributed by atoms with Crippen molar-refractivity contribution in [3.05, 3.63) is 93.4 Å². The molecule has 0 aliphatic rings. The summed E-state index contributed by atoms with van der Waals surface area (Å²) in [5.41, 5.74) is 4.39. The van der Waals surface area contributed by atoms with Gasteiger partial charge in [-0.25, -0.2) is 14.8 Å². The van der Waals surface area contributed by atoms with Gasteiger partial charge in [0.05, 0.1) is 61.9 Å². The number of aromatic nitrogens is 4. The van der Waals surface area contributed by atoms with Gasteiger partial charge < -0.3 is 29.4 Å². The first kappa shape index (κ1) is 39.5. The summed E-state index contributed by atoms with van der Waals surface area (Å²) < 4.78 is 63.6. The number of carboxylic acids is 1. The Morgan fingerprint density at radius 1 is 0.712 bits per heavy atom. The fourth-order valence-corrected chi connectivity index (χ4v) is 5.86. The summed E-state index contributed by atoms with van der Waals surface area (Å²) in [6.45, 7) is -1.46. The summed E-state index contributed by atoms with van der Waals surface area (Å²) in [5.74, 6) is -1.45. The molecule has 0 saturated carbocycles. The first-order valence-corrected chi connectivity index (χ1v) is 16.2. The number of aromatic carboxylic acids is 1. The van der Waals surface area contributed by atoms with E-state index < -0.39 is 24.6 Å². The van der Waals surface area contributed by atoms with Gasteiger partial charge in [-0.05, 0) is 36.4 Å². The molecular weight excluding hydrogens is 819 g/mol. The molecule has 12 nitrogen and oxygen atoms in total. The van der Waals surface area contributed by atoms with E-state index in [1.807, 2.05) is 46.3 Å². The standard InChI is InChI=1S/C18H15BrF3N3O3.C16H13BrN2O4.CH4/c1-27-14-6-11(25-9-24-12-5-10(19)3-4-13(12)25)7-15(28-2)16(14)17(26)23-8-18(20,21)22;1-22-13-6-10(7-14(23-2)15(13)16(20)21)19-8-18-11-5-9(17)3-4-12(11)19;/h3-7,9H,8H2,1-2H3,(H,23,26);3-8H,1-2H3,(H,20,21);1H4. The molecule has 0 radical (unpaired) electrons. The molecule has 6 aromatic rings. The number of methoxy groups -OCH3 is 4. The van der Waals surface area contributed by atoms with Crippen LogP contribution in [0.4, 0.5) is 13.2 Å². The molecule has 0 fully saturated rings. The molecule has 6 rings (SSSR count). The van der Waals surface area contributed by atoms with Gasteiger partial charge >= 0.3 is 12.1 Å². The van der Waals surface area contributed by atoms with Gasteiger partial charge in [0.15, 0.2) is 0 Å². The van der Waals surface area contributed by atoms with Crippen LogP contribution in [0.3, 0.4) is 0 Å². The second kappa shape index (κ2) is 16.4. The highest BCUT2D eigenvalue weighted by Gasteiger charge is 2.30. The largest absolute Gasteiger partial charge is 0.496 e. The van der Waals surface area contributed by atoms with Crippen molar-refractivity contribution in [3.8, 4) is 34.4 Å². The van der Waals surface area contributed by atoms with E-state index in [4.69, 9.17) is 18.9 Å². The number of carboxylic acid groups (broad SMARTS) is 1. The third-order valence-corrected chi connectivity index (χ3v) is 8.43. The van der Waals surface area contributed by atoms with Crippen LogP contribution in [0.1, 0.15) is 28.1 Å². The number of fused-ring (bicyclic) bond motifs is 2. The molecule has 0 bridgehead atoms. The third-order valence-electron chi connectivity index (χ3n) is 7.45. The minimum atomic E-state index is -4.53. The third kappa shape index (κ3) is 8.42. The van der Waals surface area contributed by atoms with Crippen molar-refractivity contribution in [1.29, 1.82) is 0 Å². The number of carbonyl (C=O) groups is 2. The van der Waals surface area contributed by atoms with Crippen LogP contribution in [0, 0.1) is 0 Å². The van der Waals surface area contributed by atoms with Gasteiger partial charge in [-0.1, -0.05) is 39.3 Å². The van der Waals surface area contributed by atoms with Crippen molar-refractivity contribution in [1.82, 2.24) is 24.4 Å². The van der Waals surface area contributed by atoms with E-state index in [0.29, 0.717) is 11.4 Å². The van der Waals surface area contributed by atoms with Crippen molar-refractivity contribution in [2.24, 2.45) is 0 Å². The van der Waals surface area contributed by atoms with Crippen molar-refractivity contribution < 1.29 is 46.8 Å². The lowest BCUT2D eigenvalue weighted by atomic mass is 10.1. The summed E-state index contributed by atoms with van der Waals surface area (Å²) in [7, 11) is 5.49. The van der Waals surface area contributed by atoms with E-state index in [2.05, 4.69) is 41.8 Å². The van der Waals surface area contributed by atoms with E-state index in [-0.39, 0.29) is 41.6 Å². The molecule has 4 aromatic carbocycles. The number of halogens is 5. The summed E-state index contributed by atoms with van der Waals surface area (Å²) in [5, 5.41) is 11.2. The summed E-state index contributed by atoms with van der Waals surface area (Å²) >= 11 is 6.80. The molecule has 17 heteroatoms. The van der Waals surface area contributed by atoms with Gasteiger partial charge in [0.2, 0.25) is 0 Å². The Morgan fingerprint density at radius 2 is 1.10 bits per heavy atom. The van der Waals surface area contributed by atoms with E-state index in [9.17, 15) is 27.9 Å². The molecular formula is C35H32Br2F3N5O7. The highest BCUT2D eigenvalue weighted by Crippen LogP contribution is 2.35. The molecule has 274 valence electrons. The molecule has 0 unspecified atom stereocenters. The Bertz CT molecular complexity index is 2210. The summed E-state index contributed by atoms with van der Waals surface area (Å²) in [6.07, 6.45) is -1.26. The van der Waals surface area contributed by atoms with Crippen molar-refractivity contribution in [2.75, 3.05) is 35.0 Å². The molecule has 0 spiro atoms. The monoisotopic (exact) mass is 849 g/mol. The maximum absolute atomic E-state index is 12.4. The van der Waals surface area contributed by atoms with Gasteiger partial charge in [-0.3, -0.25) is 13.9 Å². The number of benzene rings is 4. The minimum Gasteiger partial charge on any atom is -0.496 e. The van der Waals surface area contributed by atoms with E-state index >= 15 is 0 Å². The highest BCUT2D eigenvalue weighted by atomic mass is 79.9. The van der Waals surface area contributed by atoms with Gasteiger partial charge in [0, 0.05) is 33.2 Å². The predicted molar refractivity (Wildman–Crippen MR) is 196 cm³/mol. The van der Waals surface area contributed by atoms with Crippen molar-refractivity contribution in [3.63, 3.8) is 0 Å². The van der Waals surface area contributed by atoms with Gasteiger partial charge in [0.1, 0.15) is 53.3 Å². The fourth-order valence-electron chi connectivity index (χ4n) is 5.16. The number of imidazole rings is 2. The maximum atomic E-state index is 12.4. The van der Waals surface area contributed by atoms with Crippen LogP contribution in [0.2, 0.25) is 0 Å². The number of ether oxygens (including phenoxy) is 4. The SMILES string of the molecule is C.COc1cc(-n2cnc3cc(Br)ccc32)cc(OC)c1C(=O)NCC(F)(F)F.COc1cc(-n2cnc3cc(Br)ccc32)cc(OC)c1C(=O)O. The molecule has 1 amide bonds. The Hall–Kier alpha value is -5.29. The van der Waals surface area contributed by atoms with Crippen molar-refractivity contribution in [2.45, 2.75) is 13.6 Å². The lowest BCUT2D eigenvalue weighted by molar-refractivity contribution is -0.123. The smallest absolute Gasteiger partial charge is 0.405 e. The minimum absolute atomic E-state index is 0. The first-order chi connectivity index (χ1) is 24.3. The van der Waals surface area contributed by atoms with Gasteiger partial charge in [-0.15, -0.1) is 0 Å². The Balaban J connectivity index is 0.000000232. The Labute approximate surface area is 312 Å². The second-order valence-corrected chi connectivity index (χ2v) is 12.4. The maximum Gasteiger partial charge on any atom is 0.405 e. The van der Waals surface area contributed by atoms with Crippen molar-refractivity contribution >= 4 is 65.8 Å². The van der Waals surface area contributed by atoms with Crippen LogP contribution >= 0.6 is 31.9 Å². The number of carbonyl (C=O) groups excluding carboxylic acids is 1. The zero-order chi connectivity index (χ0) is 37.0. The molecule has 2 N–H and O–H groups in total. The molecule has 2 aromatic heterocycles. The average molecular weight is 851 g/mol. The second-order valence-electron chi connectivity index (χ2n) is 10.5. The number of amides is 1. The zero-order valence-electron chi connectivity index (χ0n) is 27.2. The average Bonchev–Trinajstić information content (AvgIpc) is 3.72. The number of hydrogen-bond acceptors (Lipinski definition) is 8. The molecule has 52 heavy (non-hydrogen) atoms. The lowest BCUT2D eigenvalue weighted by Crippen LogP contribution is -2.34. The molecule has 0 atom stereocenters. The number of rotatable bonds is 9. The van der Waals surface area contributed by atoms with E-state index in [1.54, 1.807) is 29.4 Å². The van der Waals surface area contributed by atoms with E-state index in [0.717, 1.165) is 31.0 Å². The topological polar surface area (TPSA) is 139 Å². The number of nitrogens with zero attached hydrogens (tertiary/aromatic N) is 4. The van der Waals surface area contributed by atoms with Crippen LogP contribution in [0.5, 0.6) is 23.0 Å².